The third-order valence-corrected chi connectivity index (χ3v) is 6.36. The Morgan fingerprint density at radius 1 is 1.03 bits per heavy atom. The summed E-state index contributed by atoms with van der Waals surface area (Å²) in [4.78, 5) is 24.5. The van der Waals surface area contributed by atoms with Gasteiger partial charge in [-0.3, -0.25) is 9.13 Å². The number of aromatic nitrogens is 4. The molecule has 1 atom stereocenters. The van der Waals surface area contributed by atoms with Crippen LogP contribution in [-0.2, 0) is 7.05 Å². The van der Waals surface area contributed by atoms with Gasteiger partial charge in [-0.1, -0.05) is 30.3 Å². The molecule has 1 aliphatic heterocycles. The van der Waals surface area contributed by atoms with Crippen molar-refractivity contribution in [1.82, 2.24) is 19.1 Å². The summed E-state index contributed by atoms with van der Waals surface area (Å²) >= 11 is 0. The molecule has 1 saturated heterocycles. The number of para-hydroxylation sites is 3. The van der Waals surface area contributed by atoms with Gasteiger partial charge in [0.15, 0.2) is 5.76 Å². The lowest BCUT2D eigenvalue weighted by molar-refractivity contribution is 0.399. The summed E-state index contributed by atoms with van der Waals surface area (Å²) in [6, 6.07) is 19.9. The summed E-state index contributed by atoms with van der Waals surface area (Å²) in [5.74, 6) is 1.40. The fourth-order valence-electron chi connectivity index (χ4n) is 4.77. The Morgan fingerprint density at radius 3 is 2.72 bits per heavy atom. The van der Waals surface area contributed by atoms with Gasteiger partial charge in [-0.2, -0.15) is 0 Å². The second kappa shape index (κ2) is 7.37. The number of imidazole rings is 1. The number of benzene rings is 2. The molecule has 0 amide bonds. The highest BCUT2D eigenvalue weighted by molar-refractivity contribution is 5.82. The summed E-state index contributed by atoms with van der Waals surface area (Å²) in [6.45, 7) is 1.55. The van der Waals surface area contributed by atoms with Crippen molar-refractivity contribution in [2.45, 2.75) is 18.9 Å². The molecule has 1 fully saturated rings. The van der Waals surface area contributed by atoms with Crippen LogP contribution in [-0.4, -0.2) is 32.2 Å². The third kappa shape index (κ3) is 3.00. The molecule has 0 spiro atoms. The van der Waals surface area contributed by atoms with Crippen LogP contribution in [0.2, 0.25) is 0 Å². The molecule has 4 heterocycles. The first kappa shape index (κ1) is 18.9. The molecule has 0 N–H and O–H groups in total. The molecule has 3 aromatic heterocycles. The quantitative estimate of drug-likeness (QED) is 0.429. The molecule has 1 aliphatic rings. The molecule has 2 aromatic carbocycles. The minimum absolute atomic E-state index is 0.0231. The standard InChI is InChI=1S/C25H23N5O2/c1-28-20-9-3-4-10-21(20)30(25(28)31)18-8-6-14-29(16-18)24-26-13-12-19(27-24)23-15-17-7-2-5-11-22(17)32-23/h2-5,7,9-13,15,18H,6,8,14,16H2,1H3. The molecular weight excluding hydrogens is 402 g/mol. The maximum absolute atomic E-state index is 13.0. The van der Waals surface area contributed by atoms with Crippen LogP contribution in [0.1, 0.15) is 18.9 Å². The van der Waals surface area contributed by atoms with E-state index in [2.05, 4.69) is 9.88 Å². The first-order valence-corrected chi connectivity index (χ1v) is 10.9. The summed E-state index contributed by atoms with van der Waals surface area (Å²) in [5.41, 5.74) is 3.56. The average molecular weight is 425 g/mol. The number of furan rings is 1. The van der Waals surface area contributed by atoms with Crippen molar-refractivity contribution in [2.75, 3.05) is 18.0 Å². The Bertz CT molecular complexity index is 1460. The number of hydrogen-bond donors (Lipinski definition) is 0. The highest BCUT2D eigenvalue weighted by Crippen LogP contribution is 2.29. The number of fused-ring (bicyclic) bond motifs is 2. The molecule has 6 rings (SSSR count). The van der Waals surface area contributed by atoms with Gasteiger partial charge in [0.2, 0.25) is 5.95 Å². The van der Waals surface area contributed by atoms with Crippen molar-refractivity contribution < 1.29 is 4.42 Å². The molecule has 0 saturated carbocycles. The Labute approximate surface area is 184 Å². The van der Waals surface area contributed by atoms with Crippen LogP contribution < -0.4 is 10.6 Å². The van der Waals surface area contributed by atoms with Gasteiger partial charge in [0.1, 0.15) is 11.3 Å². The van der Waals surface area contributed by atoms with E-state index in [9.17, 15) is 4.79 Å². The Morgan fingerprint density at radius 2 is 1.84 bits per heavy atom. The van der Waals surface area contributed by atoms with Crippen molar-refractivity contribution >= 4 is 28.0 Å². The number of rotatable bonds is 3. The van der Waals surface area contributed by atoms with Gasteiger partial charge < -0.3 is 9.32 Å². The molecule has 1 unspecified atom stereocenters. The topological polar surface area (TPSA) is 69.1 Å². The highest BCUT2D eigenvalue weighted by Gasteiger charge is 2.27. The SMILES string of the molecule is Cn1c(=O)n(C2CCCN(c3nccc(-c4cc5ccccc5o4)n3)C2)c2ccccc21. The molecule has 0 aliphatic carbocycles. The number of aryl methyl sites for hydroxylation is 1. The van der Waals surface area contributed by atoms with Crippen molar-refractivity contribution in [2.24, 2.45) is 7.05 Å². The number of hydrogen-bond acceptors (Lipinski definition) is 5. The van der Waals surface area contributed by atoms with Gasteiger partial charge in [0.05, 0.1) is 17.1 Å². The van der Waals surface area contributed by atoms with Crippen LogP contribution in [0.25, 0.3) is 33.5 Å². The number of anilines is 1. The molecule has 7 nitrogen and oxygen atoms in total. The van der Waals surface area contributed by atoms with E-state index in [-0.39, 0.29) is 11.7 Å². The Kier molecular flexibility index (Phi) is 4.35. The van der Waals surface area contributed by atoms with Crippen molar-refractivity contribution in [3.8, 4) is 11.5 Å². The Balaban J connectivity index is 1.34. The number of nitrogens with zero attached hydrogens (tertiary/aromatic N) is 5. The smallest absolute Gasteiger partial charge is 0.329 e. The van der Waals surface area contributed by atoms with Crippen LogP contribution >= 0.6 is 0 Å². The maximum Gasteiger partial charge on any atom is 0.329 e. The molecule has 160 valence electrons. The van der Waals surface area contributed by atoms with Gasteiger partial charge >= 0.3 is 5.69 Å². The predicted octanol–water partition coefficient (Wildman–Crippen LogP) is 4.38. The summed E-state index contributed by atoms with van der Waals surface area (Å²) < 4.78 is 9.66. The van der Waals surface area contributed by atoms with Crippen molar-refractivity contribution in [1.29, 1.82) is 0 Å². The van der Waals surface area contributed by atoms with Crippen LogP contribution in [0.15, 0.2) is 76.1 Å². The molecule has 32 heavy (non-hydrogen) atoms. The van der Waals surface area contributed by atoms with Gasteiger partial charge in [0.25, 0.3) is 0 Å². The highest BCUT2D eigenvalue weighted by atomic mass is 16.3. The minimum atomic E-state index is 0.0231. The van der Waals surface area contributed by atoms with Gasteiger partial charge in [-0.15, -0.1) is 0 Å². The Hall–Kier alpha value is -3.87. The monoisotopic (exact) mass is 425 g/mol. The van der Waals surface area contributed by atoms with Crippen LogP contribution in [0.3, 0.4) is 0 Å². The molecular formula is C25H23N5O2. The summed E-state index contributed by atoms with van der Waals surface area (Å²) in [5, 5.41) is 1.05. The van der Waals surface area contributed by atoms with Gasteiger partial charge in [-0.05, 0) is 43.2 Å². The lowest BCUT2D eigenvalue weighted by Crippen LogP contribution is -2.40. The zero-order valence-corrected chi connectivity index (χ0v) is 17.8. The second-order valence-corrected chi connectivity index (χ2v) is 8.33. The maximum atomic E-state index is 13.0. The van der Waals surface area contributed by atoms with E-state index in [1.807, 2.05) is 72.3 Å². The largest absolute Gasteiger partial charge is 0.454 e. The third-order valence-electron chi connectivity index (χ3n) is 6.36. The van der Waals surface area contributed by atoms with Crippen molar-refractivity contribution in [3.63, 3.8) is 0 Å². The first-order chi connectivity index (χ1) is 15.7. The first-order valence-electron chi connectivity index (χ1n) is 10.9. The zero-order chi connectivity index (χ0) is 21.7. The normalized spacial score (nSPS) is 16.8. The van der Waals surface area contributed by atoms with E-state index in [1.54, 1.807) is 10.8 Å². The lowest BCUT2D eigenvalue weighted by Gasteiger charge is -2.33. The minimum Gasteiger partial charge on any atom is -0.454 e. The zero-order valence-electron chi connectivity index (χ0n) is 17.8. The molecule has 0 radical (unpaired) electrons. The summed E-state index contributed by atoms with van der Waals surface area (Å²) in [7, 11) is 1.84. The molecule has 5 aromatic rings. The van der Waals surface area contributed by atoms with Crippen LogP contribution in [0.4, 0.5) is 5.95 Å². The van der Waals surface area contributed by atoms with E-state index in [1.165, 1.54) is 0 Å². The van der Waals surface area contributed by atoms with Gasteiger partial charge in [0, 0.05) is 31.7 Å². The average Bonchev–Trinajstić information content (AvgIpc) is 3.39. The van der Waals surface area contributed by atoms with Crippen molar-refractivity contribution in [3.05, 3.63) is 77.3 Å². The fraction of sp³-hybridized carbons (Fsp3) is 0.240. The fourth-order valence-corrected chi connectivity index (χ4v) is 4.77. The van der Waals surface area contributed by atoms with Crippen LogP contribution in [0.5, 0.6) is 0 Å². The molecule has 0 bridgehead atoms. The van der Waals surface area contributed by atoms with Crippen LogP contribution in [0, 0.1) is 0 Å². The van der Waals surface area contributed by atoms with E-state index < -0.39 is 0 Å². The van der Waals surface area contributed by atoms with Gasteiger partial charge in [-0.25, -0.2) is 14.8 Å². The molecule has 7 heteroatoms. The van der Waals surface area contributed by atoms with E-state index in [0.717, 1.165) is 52.8 Å². The van der Waals surface area contributed by atoms with E-state index in [4.69, 9.17) is 9.40 Å². The van der Waals surface area contributed by atoms with E-state index >= 15 is 0 Å². The second-order valence-electron chi connectivity index (χ2n) is 8.33. The lowest BCUT2D eigenvalue weighted by atomic mass is 10.1. The number of piperidine rings is 1. The summed E-state index contributed by atoms with van der Waals surface area (Å²) in [6.07, 6.45) is 3.70. The van der Waals surface area contributed by atoms with E-state index in [0.29, 0.717) is 12.5 Å². The predicted molar refractivity (Wildman–Crippen MR) is 125 cm³/mol.